The summed E-state index contributed by atoms with van der Waals surface area (Å²) in [5.41, 5.74) is 0.0344. The number of hydrogen-bond donors (Lipinski definition) is 1. The Balaban J connectivity index is 1.51. The summed E-state index contributed by atoms with van der Waals surface area (Å²) in [6.07, 6.45) is 3.55. The van der Waals surface area contributed by atoms with Crippen molar-refractivity contribution < 1.29 is 19.1 Å². The van der Waals surface area contributed by atoms with E-state index in [1.807, 2.05) is 0 Å². The lowest BCUT2D eigenvalue weighted by Gasteiger charge is -2.25. The number of esters is 1. The predicted molar refractivity (Wildman–Crippen MR) is 90.1 cm³/mol. The number of nitriles is 1. The third-order valence-corrected chi connectivity index (χ3v) is 4.89. The number of carbonyl (C=O) groups excluding carboxylic acids is 2. The number of ether oxygens (including phenoxy) is 2. The highest BCUT2D eigenvalue weighted by molar-refractivity contribution is 6.30. The zero-order valence-electron chi connectivity index (χ0n) is 13.7. The van der Waals surface area contributed by atoms with E-state index in [4.69, 9.17) is 21.1 Å². The molecule has 0 bridgehead atoms. The van der Waals surface area contributed by atoms with E-state index in [1.165, 1.54) is 0 Å². The Labute approximate surface area is 151 Å². The predicted octanol–water partition coefficient (Wildman–Crippen LogP) is 2.39. The Morgan fingerprint density at radius 3 is 2.88 bits per heavy atom. The van der Waals surface area contributed by atoms with E-state index in [1.54, 1.807) is 18.2 Å². The molecule has 1 aromatic rings. The van der Waals surface area contributed by atoms with E-state index in [9.17, 15) is 14.9 Å². The first-order valence-corrected chi connectivity index (χ1v) is 8.69. The van der Waals surface area contributed by atoms with Gasteiger partial charge < -0.3 is 14.8 Å². The topological polar surface area (TPSA) is 88.4 Å². The van der Waals surface area contributed by atoms with Crippen LogP contribution in [-0.2, 0) is 20.7 Å². The molecule has 1 aliphatic carbocycles. The van der Waals surface area contributed by atoms with Gasteiger partial charge in [0.1, 0.15) is 17.9 Å². The van der Waals surface area contributed by atoms with Gasteiger partial charge in [-0.2, -0.15) is 5.26 Å². The van der Waals surface area contributed by atoms with Gasteiger partial charge in [0.05, 0.1) is 12.0 Å². The molecule has 0 radical (unpaired) electrons. The maximum atomic E-state index is 12.2. The maximum absolute atomic E-state index is 12.2. The van der Waals surface area contributed by atoms with Gasteiger partial charge in [-0.05, 0) is 55.9 Å². The van der Waals surface area contributed by atoms with Gasteiger partial charge in [-0.25, -0.2) is 0 Å². The number of nitrogens with one attached hydrogen (secondary N) is 1. The van der Waals surface area contributed by atoms with Crippen LogP contribution in [0.1, 0.15) is 31.2 Å². The fourth-order valence-corrected chi connectivity index (χ4v) is 3.51. The summed E-state index contributed by atoms with van der Waals surface area (Å²) in [4.78, 5) is 24.2. The average Bonchev–Trinajstić information content (AvgIpc) is 3.08. The van der Waals surface area contributed by atoms with Gasteiger partial charge in [0, 0.05) is 5.02 Å². The molecule has 1 atom stereocenters. The molecule has 7 heteroatoms. The highest BCUT2D eigenvalue weighted by Gasteiger charge is 2.36. The fourth-order valence-electron chi connectivity index (χ4n) is 3.32. The number of carbonyl (C=O) groups is 2. The van der Waals surface area contributed by atoms with Crippen molar-refractivity contribution in [1.29, 1.82) is 5.26 Å². The van der Waals surface area contributed by atoms with Crippen LogP contribution >= 0.6 is 11.6 Å². The summed E-state index contributed by atoms with van der Waals surface area (Å²) in [7, 11) is 0. The number of benzene rings is 1. The van der Waals surface area contributed by atoms with Crippen molar-refractivity contribution in [3.63, 3.8) is 0 Å². The molecule has 0 spiro atoms. The van der Waals surface area contributed by atoms with Gasteiger partial charge in [-0.1, -0.05) is 11.6 Å². The molecule has 0 unspecified atom stereocenters. The Bertz CT molecular complexity index is 722. The second-order valence-electron chi connectivity index (χ2n) is 6.52. The minimum Gasteiger partial charge on any atom is -0.492 e. The lowest BCUT2D eigenvalue weighted by Crippen LogP contribution is -2.47. The number of amides is 1. The van der Waals surface area contributed by atoms with Crippen molar-refractivity contribution in [2.75, 3.05) is 13.2 Å². The summed E-state index contributed by atoms with van der Waals surface area (Å²) in [6, 6.07) is 7.44. The molecule has 25 heavy (non-hydrogen) atoms. The van der Waals surface area contributed by atoms with Gasteiger partial charge in [-0.15, -0.1) is 0 Å². The maximum Gasteiger partial charge on any atom is 0.313 e. The number of nitrogens with zero attached hydrogens (tertiary/aromatic N) is 1. The zero-order valence-corrected chi connectivity index (χ0v) is 14.5. The average molecular weight is 363 g/mol. The first-order valence-electron chi connectivity index (χ1n) is 8.31. The van der Waals surface area contributed by atoms with E-state index in [2.05, 4.69) is 11.4 Å². The Morgan fingerprint density at radius 2 is 2.16 bits per heavy atom. The normalized spacial score (nSPS) is 20.7. The lowest BCUT2D eigenvalue weighted by molar-refractivity contribution is -0.154. The second kappa shape index (κ2) is 7.32. The summed E-state index contributed by atoms with van der Waals surface area (Å²) in [6.45, 7) is -0.182. The van der Waals surface area contributed by atoms with Crippen molar-refractivity contribution in [3.8, 4) is 11.8 Å². The minimum absolute atomic E-state index is 0.206. The van der Waals surface area contributed by atoms with Crippen molar-refractivity contribution in [2.45, 2.75) is 37.6 Å². The van der Waals surface area contributed by atoms with E-state index >= 15 is 0 Å². The van der Waals surface area contributed by atoms with Crippen LogP contribution in [-0.4, -0.2) is 30.6 Å². The van der Waals surface area contributed by atoms with Crippen molar-refractivity contribution >= 4 is 23.5 Å². The molecule has 1 N–H and O–H groups in total. The smallest absolute Gasteiger partial charge is 0.313 e. The first kappa shape index (κ1) is 17.6. The quantitative estimate of drug-likeness (QED) is 0.831. The van der Waals surface area contributed by atoms with Crippen LogP contribution in [0.3, 0.4) is 0 Å². The van der Waals surface area contributed by atoms with Crippen molar-refractivity contribution in [1.82, 2.24) is 5.32 Å². The molecule has 3 rings (SSSR count). The zero-order chi connectivity index (χ0) is 17.9. The highest BCUT2D eigenvalue weighted by Crippen LogP contribution is 2.30. The van der Waals surface area contributed by atoms with Crippen LogP contribution in [0.15, 0.2) is 18.2 Å². The largest absolute Gasteiger partial charge is 0.492 e. The molecule has 0 aromatic heterocycles. The Kier molecular flexibility index (Phi) is 5.14. The molecule has 0 saturated heterocycles. The van der Waals surface area contributed by atoms with Crippen LogP contribution in [0.5, 0.6) is 5.75 Å². The lowest BCUT2D eigenvalue weighted by atomic mass is 9.97. The molecular weight excluding hydrogens is 344 g/mol. The molecule has 1 amide bonds. The molecular formula is C18H19ClN2O4. The number of hydrogen-bond acceptors (Lipinski definition) is 5. The number of rotatable bonds is 4. The SMILES string of the molecule is N#CC1(NC(=O)COC(=O)[C@@H]2COc3ccc(Cl)cc3C2)CCCC1. The van der Waals surface area contributed by atoms with Crippen LogP contribution in [0, 0.1) is 17.2 Å². The van der Waals surface area contributed by atoms with Crippen LogP contribution < -0.4 is 10.1 Å². The third-order valence-electron chi connectivity index (χ3n) is 4.66. The fraction of sp³-hybridized carbons (Fsp3) is 0.500. The summed E-state index contributed by atoms with van der Waals surface area (Å²) < 4.78 is 10.7. The molecule has 1 aromatic carbocycles. The molecule has 132 valence electrons. The standard InChI is InChI=1S/C18H19ClN2O4/c19-14-3-4-15-12(8-14)7-13(9-24-15)17(23)25-10-16(22)21-18(11-20)5-1-2-6-18/h3-4,8,13H,1-2,5-7,9-10H2,(H,21,22)/t13-/m0/s1. The monoisotopic (exact) mass is 362 g/mol. The van der Waals surface area contributed by atoms with Gasteiger partial charge in [0.2, 0.25) is 0 Å². The summed E-state index contributed by atoms with van der Waals surface area (Å²) in [5, 5.41) is 12.5. The van der Waals surface area contributed by atoms with E-state index in [0.717, 1.165) is 18.4 Å². The van der Waals surface area contributed by atoms with Crippen molar-refractivity contribution in [2.24, 2.45) is 5.92 Å². The van der Waals surface area contributed by atoms with E-state index < -0.39 is 23.3 Å². The molecule has 1 aliphatic heterocycles. The summed E-state index contributed by atoms with van der Waals surface area (Å²) >= 11 is 5.96. The first-order chi connectivity index (χ1) is 12.0. The van der Waals surface area contributed by atoms with Crippen LogP contribution in [0.2, 0.25) is 5.02 Å². The molecule has 1 fully saturated rings. The highest BCUT2D eigenvalue weighted by atomic mass is 35.5. The van der Waals surface area contributed by atoms with E-state index in [-0.39, 0.29) is 13.2 Å². The Morgan fingerprint density at radius 1 is 1.40 bits per heavy atom. The van der Waals surface area contributed by atoms with Crippen molar-refractivity contribution in [3.05, 3.63) is 28.8 Å². The minimum atomic E-state index is -0.812. The summed E-state index contributed by atoms with van der Waals surface area (Å²) in [5.74, 6) is -0.700. The Hall–Kier alpha value is -2.26. The van der Waals surface area contributed by atoms with Gasteiger partial charge >= 0.3 is 5.97 Å². The number of fused-ring (bicyclic) bond motifs is 1. The molecule has 1 heterocycles. The number of halogens is 1. The molecule has 1 saturated carbocycles. The van der Waals surface area contributed by atoms with Gasteiger partial charge in [-0.3, -0.25) is 9.59 Å². The van der Waals surface area contributed by atoms with Crippen LogP contribution in [0.25, 0.3) is 0 Å². The molecule has 2 aliphatic rings. The third kappa shape index (κ3) is 4.05. The molecule has 6 nitrogen and oxygen atoms in total. The van der Waals surface area contributed by atoms with Crippen LogP contribution in [0.4, 0.5) is 0 Å². The second-order valence-corrected chi connectivity index (χ2v) is 6.96. The van der Waals surface area contributed by atoms with Gasteiger partial charge in [0.25, 0.3) is 5.91 Å². The van der Waals surface area contributed by atoms with E-state index in [0.29, 0.717) is 30.0 Å². The van der Waals surface area contributed by atoms with Gasteiger partial charge in [0.15, 0.2) is 6.61 Å².